The van der Waals surface area contributed by atoms with E-state index in [-0.39, 0.29) is 5.60 Å². The zero-order chi connectivity index (χ0) is 27.9. The van der Waals surface area contributed by atoms with Crippen molar-refractivity contribution in [1.82, 2.24) is 0 Å². The fourth-order valence-corrected chi connectivity index (χ4v) is 6.03. The van der Waals surface area contributed by atoms with Crippen LogP contribution in [-0.2, 0) is 13.0 Å². The highest BCUT2D eigenvalue weighted by atomic mass is 16.5. The molecule has 3 rings (SSSR count). The van der Waals surface area contributed by atoms with Crippen molar-refractivity contribution in [1.29, 1.82) is 0 Å². The second-order valence-corrected chi connectivity index (χ2v) is 12.9. The predicted molar refractivity (Wildman–Crippen MR) is 163 cm³/mol. The van der Waals surface area contributed by atoms with Gasteiger partial charge in [-0.05, 0) is 107 Å². The average Bonchev–Trinajstić information content (AvgIpc) is 2.87. The number of allylic oxidation sites excluding steroid dienone is 1. The highest BCUT2D eigenvalue weighted by Crippen LogP contribution is 2.45. The highest BCUT2D eigenvalue weighted by Gasteiger charge is 2.35. The minimum Gasteiger partial charge on any atom is -0.488 e. The Morgan fingerprint density at radius 3 is 2.32 bits per heavy atom. The molecule has 0 spiro atoms. The van der Waals surface area contributed by atoms with Crippen LogP contribution < -0.4 is 9.47 Å². The molecule has 2 aromatic rings. The van der Waals surface area contributed by atoms with Crippen LogP contribution >= 0.6 is 0 Å². The molecule has 0 fully saturated rings. The van der Waals surface area contributed by atoms with Crippen molar-refractivity contribution in [3.63, 3.8) is 0 Å². The van der Waals surface area contributed by atoms with Gasteiger partial charge in [0, 0.05) is 5.56 Å². The van der Waals surface area contributed by atoms with Crippen LogP contribution in [0.3, 0.4) is 0 Å². The minimum atomic E-state index is -0.125. The lowest BCUT2D eigenvalue weighted by Gasteiger charge is -2.39. The first kappa shape index (κ1) is 30.3. The molecule has 2 nitrogen and oxygen atoms in total. The summed E-state index contributed by atoms with van der Waals surface area (Å²) in [5, 5.41) is 0. The van der Waals surface area contributed by atoms with Crippen molar-refractivity contribution < 1.29 is 9.47 Å². The lowest BCUT2D eigenvalue weighted by Crippen LogP contribution is -2.37. The molecular weight excluding hydrogens is 464 g/mol. The fourth-order valence-electron chi connectivity index (χ4n) is 6.03. The Morgan fingerprint density at radius 2 is 1.66 bits per heavy atom. The minimum absolute atomic E-state index is 0.125. The highest BCUT2D eigenvalue weighted by molar-refractivity contribution is 5.59. The Hall–Kier alpha value is -2.22. The second kappa shape index (κ2) is 13.7. The molecule has 1 aliphatic rings. The van der Waals surface area contributed by atoms with Crippen molar-refractivity contribution in [3.05, 3.63) is 70.3 Å². The number of ether oxygens (including phenoxy) is 2. The third-order valence-corrected chi connectivity index (χ3v) is 8.99. The third-order valence-electron chi connectivity index (χ3n) is 8.99. The van der Waals surface area contributed by atoms with Gasteiger partial charge in [-0.2, -0.15) is 0 Å². The first-order valence-corrected chi connectivity index (χ1v) is 15.1. The topological polar surface area (TPSA) is 18.5 Å². The Bertz CT molecular complexity index is 1050. The van der Waals surface area contributed by atoms with Crippen molar-refractivity contribution in [2.45, 2.75) is 125 Å². The summed E-state index contributed by atoms with van der Waals surface area (Å²) in [6.45, 7) is 23.2. The van der Waals surface area contributed by atoms with Crippen LogP contribution in [0.25, 0.3) is 0 Å². The summed E-state index contributed by atoms with van der Waals surface area (Å²) in [6, 6.07) is 10.4. The molecule has 0 bridgehead atoms. The largest absolute Gasteiger partial charge is 0.488 e. The quantitative estimate of drug-likeness (QED) is 0.232. The Balaban J connectivity index is 1.63. The van der Waals surface area contributed by atoms with Gasteiger partial charge in [0.05, 0.1) is 0 Å². The van der Waals surface area contributed by atoms with Gasteiger partial charge in [-0.25, -0.2) is 0 Å². The number of hydrogen-bond acceptors (Lipinski definition) is 2. The Labute approximate surface area is 234 Å². The van der Waals surface area contributed by atoms with Gasteiger partial charge < -0.3 is 9.47 Å². The molecule has 2 heteroatoms. The van der Waals surface area contributed by atoms with Gasteiger partial charge in [-0.1, -0.05) is 88.9 Å². The molecule has 38 heavy (non-hydrogen) atoms. The van der Waals surface area contributed by atoms with Crippen molar-refractivity contribution in [2.75, 3.05) is 0 Å². The van der Waals surface area contributed by atoms with Crippen LogP contribution in [0, 0.1) is 38.5 Å². The summed E-state index contributed by atoms with van der Waals surface area (Å²) in [5.74, 6) is 4.34. The number of benzene rings is 2. The third kappa shape index (κ3) is 8.14. The van der Waals surface area contributed by atoms with Gasteiger partial charge in [-0.15, -0.1) is 0 Å². The summed E-state index contributed by atoms with van der Waals surface area (Å²) in [7, 11) is 0. The molecule has 3 unspecified atom stereocenters. The lowest BCUT2D eigenvalue weighted by atomic mass is 9.81. The van der Waals surface area contributed by atoms with Crippen LogP contribution in [0.15, 0.2) is 42.5 Å². The average molecular weight is 519 g/mol. The van der Waals surface area contributed by atoms with E-state index in [2.05, 4.69) is 86.2 Å². The van der Waals surface area contributed by atoms with E-state index >= 15 is 0 Å². The first-order valence-electron chi connectivity index (χ1n) is 15.1. The van der Waals surface area contributed by atoms with E-state index in [1.807, 2.05) is 6.07 Å². The monoisotopic (exact) mass is 518 g/mol. The molecule has 210 valence electrons. The summed E-state index contributed by atoms with van der Waals surface area (Å²) in [6.07, 6.45) is 11.0. The molecule has 1 aliphatic heterocycles. The molecule has 1 heterocycles. The van der Waals surface area contributed by atoms with E-state index in [0.29, 0.717) is 12.5 Å². The normalized spacial score (nSPS) is 18.6. The van der Waals surface area contributed by atoms with E-state index in [0.717, 1.165) is 49.0 Å². The summed E-state index contributed by atoms with van der Waals surface area (Å²) in [4.78, 5) is 0. The van der Waals surface area contributed by atoms with Crippen LogP contribution in [0.1, 0.15) is 114 Å². The zero-order valence-corrected chi connectivity index (χ0v) is 25.7. The molecule has 0 radical (unpaired) electrons. The van der Waals surface area contributed by atoms with E-state index in [1.165, 1.54) is 65.5 Å². The number of fused-ring (bicyclic) bond motifs is 1. The molecule has 0 aliphatic carbocycles. The van der Waals surface area contributed by atoms with E-state index < -0.39 is 0 Å². The molecule has 0 saturated heterocycles. The SMILES string of the molecule is C=C(C)C(CCC(C)CCCC(C)C)CCC1(C)CCc2c(C)c(OCc3ccccc3)c(C)c(C)c2O1. The molecule has 0 aromatic heterocycles. The van der Waals surface area contributed by atoms with Gasteiger partial charge in [0.2, 0.25) is 0 Å². The van der Waals surface area contributed by atoms with Crippen LogP contribution in [-0.4, -0.2) is 5.60 Å². The zero-order valence-electron chi connectivity index (χ0n) is 25.7. The smallest absolute Gasteiger partial charge is 0.127 e. The molecule has 2 aromatic carbocycles. The summed E-state index contributed by atoms with van der Waals surface area (Å²) < 4.78 is 13.3. The molecular formula is C36H54O2. The maximum Gasteiger partial charge on any atom is 0.127 e. The predicted octanol–water partition coefficient (Wildman–Crippen LogP) is 10.5. The number of hydrogen-bond donors (Lipinski definition) is 0. The van der Waals surface area contributed by atoms with Crippen molar-refractivity contribution in [2.24, 2.45) is 17.8 Å². The first-order chi connectivity index (χ1) is 18.0. The lowest BCUT2D eigenvalue weighted by molar-refractivity contribution is 0.0489. The van der Waals surface area contributed by atoms with E-state index in [9.17, 15) is 0 Å². The second-order valence-electron chi connectivity index (χ2n) is 12.9. The molecule has 0 amide bonds. The van der Waals surface area contributed by atoms with E-state index in [4.69, 9.17) is 9.47 Å². The van der Waals surface area contributed by atoms with Gasteiger partial charge in [0.15, 0.2) is 0 Å². The molecule has 3 atom stereocenters. The summed E-state index contributed by atoms with van der Waals surface area (Å²) >= 11 is 0. The maximum atomic E-state index is 6.88. The van der Waals surface area contributed by atoms with Gasteiger partial charge in [0.1, 0.15) is 23.7 Å². The summed E-state index contributed by atoms with van der Waals surface area (Å²) in [5.41, 5.74) is 7.41. The molecule has 0 saturated carbocycles. The number of rotatable bonds is 14. The standard InChI is InChI=1S/C36H54O2/c1-25(2)14-13-15-27(5)18-19-32(26(3)4)20-22-36(9)23-21-33-30(8)34(28(6)29(7)35(33)38-36)37-24-31-16-11-10-12-17-31/h10-12,16-17,25,27,32H,3,13-15,18-24H2,1-2,4-9H3. The van der Waals surface area contributed by atoms with Gasteiger partial charge in [0.25, 0.3) is 0 Å². The van der Waals surface area contributed by atoms with E-state index in [1.54, 1.807) is 0 Å². The maximum absolute atomic E-state index is 6.88. The Morgan fingerprint density at radius 1 is 0.947 bits per heavy atom. The van der Waals surface area contributed by atoms with Crippen LogP contribution in [0.2, 0.25) is 0 Å². The van der Waals surface area contributed by atoms with Crippen LogP contribution in [0.4, 0.5) is 0 Å². The van der Waals surface area contributed by atoms with Gasteiger partial charge in [-0.3, -0.25) is 0 Å². The van der Waals surface area contributed by atoms with Crippen LogP contribution in [0.5, 0.6) is 11.5 Å². The van der Waals surface area contributed by atoms with Gasteiger partial charge >= 0.3 is 0 Å². The Kier molecular flexibility index (Phi) is 10.9. The molecule has 0 N–H and O–H groups in total. The van der Waals surface area contributed by atoms with Crippen molar-refractivity contribution in [3.8, 4) is 11.5 Å². The fraction of sp³-hybridized carbons (Fsp3) is 0.611. The van der Waals surface area contributed by atoms with Crippen molar-refractivity contribution >= 4 is 0 Å².